The molecule has 1 fully saturated rings. The van der Waals surface area contributed by atoms with E-state index in [1.165, 1.54) is 10.7 Å². The van der Waals surface area contributed by atoms with Crippen LogP contribution in [0.4, 0.5) is 5.95 Å². The molecule has 1 aromatic carbocycles. The Bertz CT molecular complexity index is 686. The number of nitrogens with one attached hydrogen (secondary N) is 2. The molecule has 1 aliphatic rings. The molecule has 7 heteroatoms. The SMILES string of the molecule is CN(C1CCCCC1)S(=O)(=O)Nc1nc2ccccc2[nH]1. The number of hydrogen-bond acceptors (Lipinski definition) is 3. The first-order valence-corrected chi connectivity index (χ1v) is 8.71. The van der Waals surface area contributed by atoms with E-state index in [1.54, 1.807) is 7.05 Å². The minimum absolute atomic E-state index is 0.0839. The van der Waals surface area contributed by atoms with Crippen molar-refractivity contribution < 1.29 is 8.42 Å². The predicted octanol–water partition coefficient (Wildman–Crippen LogP) is 2.48. The van der Waals surface area contributed by atoms with Gasteiger partial charge in [0.1, 0.15) is 0 Å². The van der Waals surface area contributed by atoms with E-state index in [-0.39, 0.29) is 12.0 Å². The summed E-state index contributed by atoms with van der Waals surface area (Å²) in [6.07, 6.45) is 5.24. The molecule has 0 saturated heterocycles. The van der Waals surface area contributed by atoms with Crippen molar-refractivity contribution in [3.8, 4) is 0 Å². The molecule has 0 atom stereocenters. The summed E-state index contributed by atoms with van der Waals surface area (Å²) in [5, 5.41) is 0. The zero-order valence-corrected chi connectivity index (χ0v) is 12.9. The average Bonchev–Trinajstić information content (AvgIpc) is 2.88. The molecule has 2 aromatic rings. The van der Waals surface area contributed by atoms with Crippen LogP contribution in [0.5, 0.6) is 0 Å². The Morgan fingerprint density at radius 1 is 1.24 bits per heavy atom. The van der Waals surface area contributed by atoms with Gasteiger partial charge in [0.2, 0.25) is 5.95 Å². The molecule has 0 bridgehead atoms. The summed E-state index contributed by atoms with van der Waals surface area (Å²) >= 11 is 0. The Kier molecular flexibility index (Phi) is 3.86. The first-order chi connectivity index (χ1) is 10.1. The van der Waals surface area contributed by atoms with Crippen LogP contribution in [0.25, 0.3) is 11.0 Å². The first kappa shape index (κ1) is 14.3. The number of hydrogen-bond donors (Lipinski definition) is 2. The summed E-state index contributed by atoms with van der Waals surface area (Å²) < 4.78 is 28.8. The molecule has 0 spiro atoms. The fraction of sp³-hybridized carbons (Fsp3) is 0.500. The van der Waals surface area contributed by atoms with Gasteiger partial charge in [-0.2, -0.15) is 12.7 Å². The summed E-state index contributed by atoms with van der Waals surface area (Å²) in [4.78, 5) is 7.23. The van der Waals surface area contributed by atoms with Gasteiger partial charge < -0.3 is 4.98 Å². The molecule has 0 aliphatic heterocycles. The number of aromatic nitrogens is 2. The molecule has 0 unspecified atom stereocenters. The maximum absolute atomic E-state index is 12.4. The molecular weight excluding hydrogens is 288 g/mol. The predicted molar refractivity (Wildman–Crippen MR) is 83.3 cm³/mol. The van der Waals surface area contributed by atoms with Gasteiger partial charge in [-0.05, 0) is 25.0 Å². The van der Waals surface area contributed by atoms with Crippen molar-refractivity contribution in [2.75, 3.05) is 11.8 Å². The number of nitrogens with zero attached hydrogens (tertiary/aromatic N) is 2. The third-order valence-electron chi connectivity index (χ3n) is 4.08. The van der Waals surface area contributed by atoms with Crippen molar-refractivity contribution in [3.05, 3.63) is 24.3 Å². The van der Waals surface area contributed by atoms with Crippen molar-refractivity contribution in [1.82, 2.24) is 14.3 Å². The third-order valence-corrected chi connectivity index (χ3v) is 5.59. The zero-order chi connectivity index (χ0) is 14.9. The molecule has 114 valence electrons. The van der Waals surface area contributed by atoms with E-state index in [1.807, 2.05) is 24.3 Å². The number of H-pyrrole nitrogens is 1. The van der Waals surface area contributed by atoms with Gasteiger partial charge in [0, 0.05) is 13.1 Å². The highest BCUT2D eigenvalue weighted by atomic mass is 32.2. The van der Waals surface area contributed by atoms with E-state index in [9.17, 15) is 8.42 Å². The van der Waals surface area contributed by atoms with Crippen molar-refractivity contribution >= 4 is 27.2 Å². The Labute approximate surface area is 124 Å². The first-order valence-electron chi connectivity index (χ1n) is 7.27. The van der Waals surface area contributed by atoms with Gasteiger partial charge in [-0.1, -0.05) is 31.4 Å². The second-order valence-corrected chi connectivity index (χ2v) is 7.25. The largest absolute Gasteiger partial charge is 0.323 e. The summed E-state index contributed by atoms with van der Waals surface area (Å²) in [7, 11) is -1.93. The molecule has 1 aliphatic carbocycles. The van der Waals surface area contributed by atoms with Crippen LogP contribution in [-0.4, -0.2) is 35.8 Å². The lowest BCUT2D eigenvalue weighted by Crippen LogP contribution is -2.41. The van der Waals surface area contributed by atoms with Gasteiger partial charge >= 0.3 is 10.2 Å². The molecule has 0 amide bonds. The van der Waals surface area contributed by atoms with Crippen LogP contribution >= 0.6 is 0 Å². The Morgan fingerprint density at radius 2 is 1.95 bits per heavy atom. The van der Waals surface area contributed by atoms with Crippen LogP contribution in [0.2, 0.25) is 0 Å². The van der Waals surface area contributed by atoms with E-state index in [4.69, 9.17) is 0 Å². The molecule has 1 saturated carbocycles. The fourth-order valence-corrected chi connectivity index (χ4v) is 3.92. The number of aromatic amines is 1. The monoisotopic (exact) mass is 308 g/mol. The molecule has 21 heavy (non-hydrogen) atoms. The van der Waals surface area contributed by atoms with Crippen LogP contribution in [0.15, 0.2) is 24.3 Å². The second-order valence-electron chi connectivity index (χ2n) is 5.52. The van der Waals surface area contributed by atoms with Crippen molar-refractivity contribution in [3.63, 3.8) is 0 Å². The number of imidazole rings is 1. The van der Waals surface area contributed by atoms with Crippen molar-refractivity contribution in [2.45, 2.75) is 38.1 Å². The Hall–Kier alpha value is -1.60. The summed E-state index contributed by atoms with van der Waals surface area (Å²) in [5.41, 5.74) is 1.56. The number of para-hydroxylation sites is 2. The van der Waals surface area contributed by atoms with Crippen LogP contribution in [-0.2, 0) is 10.2 Å². The fourth-order valence-electron chi connectivity index (χ4n) is 2.84. The summed E-state index contributed by atoms with van der Waals surface area (Å²) in [5.74, 6) is 0.263. The number of rotatable bonds is 4. The van der Waals surface area contributed by atoms with Gasteiger partial charge in [0.05, 0.1) is 11.0 Å². The quantitative estimate of drug-likeness (QED) is 0.911. The normalized spacial score (nSPS) is 17.4. The molecule has 1 heterocycles. The summed E-state index contributed by atoms with van der Waals surface area (Å²) in [6, 6.07) is 7.54. The lowest BCUT2D eigenvalue weighted by atomic mass is 9.96. The highest BCUT2D eigenvalue weighted by Crippen LogP contribution is 2.24. The van der Waals surface area contributed by atoms with Gasteiger partial charge in [-0.3, -0.25) is 0 Å². The van der Waals surface area contributed by atoms with Gasteiger partial charge in [-0.25, -0.2) is 9.71 Å². The zero-order valence-electron chi connectivity index (χ0n) is 12.0. The molecule has 0 radical (unpaired) electrons. The molecular formula is C14H20N4O2S. The lowest BCUT2D eigenvalue weighted by molar-refractivity contribution is 0.287. The van der Waals surface area contributed by atoms with Crippen molar-refractivity contribution in [1.29, 1.82) is 0 Å². The molecule has 2 N–H and O–H groups in total. The van der Waals surface area contributed by atoms with E-state index in [2.05, 4.69) is 14.7 Å². The number of fused-ring (bicyclic) bond motifs is 1. The standard InChI is InChI=1S/C14H20N4O2S/c1-18(11-7-3-2-4-8-11)21(19,20)17-14-15-12-9-5-6-10-13(12)16-14/h5-6,9-11H,2-4,7-8H2,1H3,(H2,15,16,17). The number of benzene rings is 1. The number of anilines is 1. The smallest absolute Gasteiger partial charge is 0.303 e. The average molecular weight is 308 g/mol. The minimum atomic E-state index is -3.57. The Morgan fingerprint density at radius 3 is 2.67 bits per heavy atom. The van der Waals surface area contributed by atoms with E-state index >= 15 is 0 Å². The molecule has 6 nitrogen and oxygen atoms in total. The maximum atomic E-state index is 12.4. The highest BCUT2D eigenvalue weighted by Gasteiger charge is 2.28. The van der Waals surface area contributed by atoms with E-state index < -0.39 is 10.2 Å². The van der Waals surface area contributed by atoms with Crippen LogP contribution in [0.1, 0.15) is 32.1 Å². The lowest BCUT2D eigenvalue weighted by Gasteiger charge is -2.30. The van der Waals surface area contributed by atoms with Crippen molar-refractivity contribution in [2.24, 2.45) is 0 Å². The van der Waals surface area contributed by atoms with Gasteiger partial charge in [-0.15, -0.1) is 0 Å². The molecule has 3 rings (SSSR count). The topological polar surface area (TPSA) is 78.1 Å². The van der Waals surface area contributed by atoms with E-state index in [0.29, 0.717) is 0 Å². The minimum Gasteiger partial charge on any atom is -0.323 e. The van der Waals surface area contributed by atoms with Crippen LogP contribution in [0.3, 0.4) is 0 Å². The second kappa shape index (κ2) is 5.65. The third kappa shape index (κ3) is 3.03. The van der Waals surface area contributed by atoms with E-state index in [0.717, 1.165) is 36.7 Å². The summed E-state index contributed by atoms with van der Waals surface area (Å²) in [6.45, 7) is 0. The van der Waals surface area contributed by atoms with Gasteiger partial charge in [0.15, 0.2) is 0 Å². The van der Waals surface area contributed by atoms with Gasteiger partial charge in [0.25, 0.3) is 0 Å². The molecule has 1 aromatic heterocycles. The highest BCUT2D eigenvalue weighted by molar-refractivity contribution is 7.90. The Balaban J connectivity index is 1.78. The van der Waals surface area contributed by atoms with Crippen LogP contribution < -0.4 is 4.72 Å². The van der Waals surface area contributed by atoms with Crippen LogP contribution in [0, 0.1) is 0 Å². The maximum Gasteiger partial charge on any atom is 0.303 e.